The third-order valence-corrected chi connectivity index (χ3v) is 2.98. The van der Waals surface area contributed by atoms with Crippen molar-refractivity contribution in [1.29, 1.82) is 0 Å². The van der Waals surface area contributed by atoms with Crippen molar-refractivity contribution >= 4 is 0 Å². The number of rotatable bonds is 4. The van der Waals surface area contributed by atoms with Gasteiger partial charge in [-0.05, 0) is 12.1 Å². The lowest BCUT2D eigenvalue weighted by atomic mass is 9.94. The predicted octanol–water partition coefficient (Wildman–Crippen LogP) is 2.37. The van der Waals surface area contributed by atoms with Crippen molar-refractivity contribution in [2.24, 2.45) is 0 Å². The summed E-state index contributed by atoms with van der Waals surface area (Å²) in [4.78, 5) is 17.7. The Morgan fingerprint density at radius 2 is 2.00 bits per heavy atom. The fourth-order valence-electron chi connectivity index (χ4n) is 1.85. The molecule has 0 spiro atoms. The Balaban J connectivity index is 2.37. The van der Waals surface area contributed by atoms with Crippen molar-refractivity contribution in [1.82, 2.24) is 15.1 Å². The lowest BCUT2D eigenvalue weighted by molar-refractivity contribution is -0.138. The third-order valence-electron chi connectivity index (χ3n) is 2.98. The zero-order chi connectivity index (χ0) is 16.5. The molecule has 120 valence electrons. The van der Waals surface area contributed by atoms with E-state index in [1.165, 1.54) is 7.11 Å². The van der Waals surface area contributed by atoms with Crippen molar-refractivity contribution in [3.63, 3.8) is 0 Å². The van der Waals surface area contributed by atoms with E-state index in [0.29, 0.717) is 18.5 Å². The maximum absolute atomic E-state index is 12.5. The van der Waals surface area contributed by atoms with E-state index in [-0.39, 0.29) is 11.6 Å². The van der Waals surface area contributed by atoms with Crippen LogP contribution in [0, 0.1) is 0 Å². The normalized spacial score (nSPS) is 12.6. The number of hydrogen-bond acceptors (Lipinski definition) is 5. The highest BCUT2D eigenvalue weighted by Crippen LogP contribution is 2.27. The number of halogens is 3. The van der Waals surface area contributed by atoms with Crippen LogP contribution in [0.4, 0.5) is 13.2 Å². The van der Waals surface area contributed by atoms with Gasteiger partial charge in [-0.3, -0.25) is 4.79 Å². The van der Waals surface area contributed by atoms with Gasteiger partial charge in [-0.25, -0.2) is 0 Å². The molecule has 6 nitrogen and oxygen atoms in total. The van der Waals surface area contributed by atoms with E-state index in [2.05, 4.69) is 15.1 Å². The number of aromatic nitrogens is 3. The highest BCUT2D eigenvalue weighted by atomic mass is 19.4. The van der Waals surface area contributed by atoms with E-state index in [9.17, 15) is 18.0 Å². The minimum absolute atomic E-state index is 0.0185. The molecule has 0 fully saturated rings. The smallest absolute Gasteiger partial charge is 0.384 e. The van der Waals surface area contributed by atoms with E-state index < -0.39 is 22.7 Å². The van der Waals surface area contributed by atoms with Crippen LogP contribution >= 0.6 is 0 Å². The molecule has 0 atom stereocenters. The van der Waals surface area contributed by atoms with Crippen LogP contribution in [0.3, 0.4) is 0 Å². The molecule has 0 bridgehead atoms. The predicted molar refractivity (Wildman–Crippen MR) is 70.3 cm³/mol. The molecule has 2 aromatic rings. The molecule has 0 aliphatic rings. The van der Waals surface area contributed by atoms with Crippen LogP contribution in [0.5, 0.6) is 0 Å². The monoisotopic (exact) mass is 317 g/mol. The van der Waals surface area contributed by atoms with Crippen LogP contribution in [0.2, 0.25) is 0 Å². The topological polar surface area (TPSA) is 81.0 Å². The van der Waals surface area contributed by atoms with Crippen molar-refractivity contribution < 1.29 is 22.4 Å². The van der Waals surface area contributed by atoms with Crippen LogP contribution in [0.1, 0.15) is 25.2 Å². The lowest BCUT2D eigenvalue weighted by Gasteiger charge is -2.18. The van der Waals surface area contributed by atoms with Gasteiger partial charge < -0.3 is 14.2 Å². The highest BCUT2D eigenvalue weighted by Gasteiger charge is 2.34. The maximum atomic E-state index is 12.5. The zero-order valence-corrected chi connectivity index (χ0v) is 12.1. The molecule has 0 saturated heterocycles. The molecule has 0 amide bonds. The van der Waals surface area contributed by atoms with Crippen LogP contribution in [-0.4, -0.2) is 28.8 Å². The highest BCUT2D eigenvalue weighted by molar-refractivity contribution is 5.46. The van der Waals surface area contributed by atoms with E-state index in [1.54, 1.807) is 0 Å². The number of pyridine rings is 1. The number of nitrogens with one attached hydrogen (secondary N) is 1. The number of ether oxygens (including phenoxy) is 1. The summed E-state index contributed by atoms with van der Waals surface area (Å²) in [5, 5.41) is 3.77. The quantitative estimate of drug-likeness (QED) is 0.936. The third kappa shape index (κ3) is 3.19. The maximum Gasteiger partial charge on any atom is 0.421 e. The average Bonchev–Trinajstić information content (AvgIpc) is 2.87. The standard InChI is InChI=1S/C13H14F3N3O3/c1-12(2,6-21-3)11-18-10(22-19-11)8-5-4-7(9(20)17-8)13(14,15)16/h4-5H,6H2,1-3H3,(H,17,20). The van der Waals surface area contributed by atoms with Gasteiger partial charge in [0.05, 0.1) is 12.0 Å². The van der Waals surface area contributed by atoms with Gasteiger partial charge in [-0.2, -0.15) is 18.2 Å². The van der Waals surface area contributed by atoms with Crippen LogP contribution in [0.15, 0.2) is 21.5 Å². The Morgan fingerprint density at radius 1 is 1.32 bits per heavy atom. The molecule has 0 unspecified atom stereocenters. The molecule has 2 rings (SSSR count). The Morgan fingerprint density at radius 3 is 2.55 bits per heavy atom. The van der Waals surface area contributed by atoms with Gasteiger partial charge in [0.15, 0.2) is 5.82 Å². The van der Waals surface area contributed by atoms with Gasteiger partial charge in [-0.1, -0.05) is 19.0 Å². The molecule has 0 aliphatic carbocycles. The molecule has 9 heteroatoms. The first-order valence-corrected chi connectivity index (χ1v) is 6.29. The first-order chi connectivity index (χ1) is 10.1. The van der Waals surface area contributed by atoms with Gasteiger partial charge in [0, 0.05) is 7.11 Å². The Labute approximate surface area is 123 Å². The number of alkyl halides is 3. The van der Waals surface area contributed by atoms with Gasteiger partial charge in [0.1, 0.15) is 11.3 Å². The van der Waals surface area contributed by atoms with Crippen LogP contribution in [-0.2, 0) is 16.3 Å². The Kier molecular flexibility index (Phi) is 4.10. The second-order valence-corrected chi connectivity index (χ2v) is 5.35. The summed E-state index contributed by atoms with van der Waals surface area (Å²) in [5.41, 5.74) is -3.07. The van der Waals surface area contributed by atoms with E-state index in [0.717, 1.165) is 6.07 Å². The fourth-order valence-corrected chi connectivity index (χ4v) is 1.85. The number of nitrogens with zero attached hydrogens (tertiary/aromatic N) is 2. The summed E-state index contributed by atoms with van der Waals surface area (Å²) in [6.07, 6.45) is -4.72. The number of hydrogen-bond donors (Lipinski definition) is 1. The van der Waals surface area contributed by atoms with Crippen LogP contribution < -0.4 is 5.56 Å². The van der Waals surface area contributed by atoms with E-state index >= 15 is 0 Å². The zero-order valence-electron chi connectivity index (χ0n) is 12.1. The summed E-state index contributed by atoms with van der Waals surface area (Å²) in [5.74, 6) is 0.259. The molecule has 2 heterocycles. The van der Waals surface area contributed by atoms with Gasteiger partial charge >= 0.3 is 6.18 Å². The molecule has 2 aromatic heterocycles. The number of aromatic amines is 1. The lowest BCUT2D eigenvalue weighted by Crippen LogP contribution is -2.25. The van der Waals surface area contributed by atoms with Crippen molar-refractivity contribution in [2.75, 3.05) is 13.7 Å². The molecule has 1 N–H and O–H groups in total. The summed E-state index contributed by atoms with van der Waals surface area (Å²) < 4.78 is 47.7. The van der Waals surface area contributed by atoms with Crippen LogP contribution in [0.25, 0.3) is 11.6 Å². The van der Waals surface area contributed by atoms with E-state index in [1.807, 2.05) is 13.8 Å². The van der Waals surface area contributed by atoms with Crippen molar-refractivity contribution in [2.45, 2.75) is 25.4 Å². The molecule has 0 aromatic carbocycles. The minimum Gasteiger partial charge on any atom is -0.384 e. The van der Waals surface area contributed by atoms with Gasteiger partial charge in [0.2, 0.25) is 0 Å². The van der Waals surface area contributed by atoms with E-state index in [4.69, 9.17) is 9.26 Å². The summed E-state index contributed by atoms with van der Waals surface area (Å²) >= 11 is 0. The first kappa shape index (κ1) is 16.2. The second-order valence-electron chi connectivity index (χ2n) is 5.35. The van der Waals surface area contributed by atoms with Crippen molar-refractivity contribution in [3.8, 4) is 11.6 Å². The summed E-state index contributed by atoms with van der Waals surface area (Å²) in [6, 6.07) is 1.75. The molecular weight excluding hydrogens is 303 g/mol. The number of H-pyrrole nitrogens is 1. The summed E-state index contributed by atoms with van der Waals surface area (Å²) in [6.45, 7) is 3.97. The van der Waals surface area contributed by atoms with Gasteiger partial charge in [-0.15, -0.1) is 0 Å². The average molecular weight is 317 g/mol. The van der Waals surface area contributed by atoms with Crippen molar-refractivity contribution in [3.05, 3.63) is 33.9 Å². The molecule has 0 radical (unpaired) electrons. The first-order valence-electron chi connectivity index (χ1n) is 6.29. The Bertz CT molecular complexity index is 719. The Hall–Kier alpha value is -2.16. The second kappa shape index (κ2) is 5.56. The molecular formula is C13H14F3N3O3. The molecule has 0 saturated carbocycles. The SMILES string of the molecule is COCC(C)(C)c1noc(-c2ccc(C(F)(F)F)c(=O)[nH]2)n1. The number of methoxy groups -OCH3 is 1. The minimum atomic E-state index is -4.72. The van der Waals surface area contributed by atoms with Gasteiger partial charge in [0.25, 0.3) is 11.4 Å². The fraction of sp³-hybridized carbons (Fsp3) is 0.462. The molecule has 0 aliphatic heterocycles. The largest absolute Gasteiger partial charge is 0.421 e. The molecule has 22 heavy (non-hydrogen) atoms. The summed E-state index contributed by atoms with van der Waals surface area (Å²) in [7, 11) is 1.52.